The predicted molar refractivity (Wildman–Crippen MR) is 58.6 cm³/mol. The molecule has 1 saturated heterocycles. The van der Waals surface area contributed by atoms with Crippen LogP contribution in [0.2, 0.25) is 0 Å². The predicted octanol–water partition coefficient (Wildman–Crippen LogP) is 0.518. The maximum absolute atomic E-state index is 11.1. The summed E-state index contributed by atoms with van der Waals surface area (Å²) in [5, 5.41) is 0. The number of carbonyl (C=O) groups is 2. The Labute approximate surface area is 91.2 Å². The Morgan fingerprint density at radius 2 is 1.67 bits per heavy atom. The van der Waals surface area contributed by atoms with Crippen molar-refractivity contribution in [3.05, 3.63) is 0 Å². The number of Topliss-reactive ketones (excluding diaryl/α,β-unsaturated/α-hetero) is 1. The minimum absolute atomic E-state index is 0.147. The molecule has 1 atom stereocenters. The number of ketones is 1. The molecule has 1 unspecified atom stereocenters. The third-order valence-corrected chi connectivity index (χ3v) is 2.97. The van der Waals surface area contributed by atoms with E-state index >= 15 is 0 Å². The van der Waals surface area contributed by atoms with Crippen molar-refractivity contribution in [2.24, 2.45) is 0 Å². The Kier molecular flexibility index (Phi) is 4.27. The first-order valence-electron chi connectivity index (χ1n) is 5.49. The lowest BCUT2D eigenvalue weighted by Crippen LogP contribution is -2.51. The second-order valence-corrected chi connectivity index (χ2v) is 4.30. The van der Waals surface area contributed by atoms with E-state index < -0.39 is 0 Å². The van der Waals surface area contributed by atoms with E-state index in [1.54, 1.807) is 13.8 Å². The van der Waals surface area contributed by atoms with E-state index in [1.165, 1.54) is 0 Å². The second-order valence-electron chi connectivity index (χ2n) is 4.30. The molecule has 0 spiro atoms. The van der Waals surface area contributed by atoms with E-state index in [-0.39, 0.29) is 11.7 Å². The monoisotopic (exact) mass is 212 g/mol. The Morgan fingerprint density at radius 1 is 1.13 bits per heavy atom. The molecule has 15 heavy (non-hydrogen) atoms. The minimum atomic E-state index is 0.147. The summed E-state index contributed by atoms with van der Waals surface area (Å²) < 4.78 is 0. The van der Waals surface area contributed by atoms with E-state index in [0.717, 1.165) is 26.2 Å². The Bertz CT molecular complexity index is 245. The van der Waals surface area contributed by atoms with Gasteiger partial charge in [0.15, 0.2) is 0 Å². The average molecular weight is 212 g/mol. The van der Waals surface area contributed by atoms with Crippen molar-refractivity contribution in [3.63, 3.8) is 0 Å². The maximum atomic E-state index is 11.1. The molecule has 0 aliphatic carbocycles. The SMILES string of the molecule is CC(=O)CC(C)N1CCN(C(C)=O)CC1. The van der Waals surface area contributed by atoms with Crippen LogP contribution >= 0.6 is 0 Å². The lowest BCUT2D eigenvalue weighted by molar-refractivity contribution is -0.131. The summed E-state index contributed by atoms with van der Waals surface area (Å²) in [7, 11) is 0. The normalized spacial score (nSPS) is 20.1. The van der Waals surface area contributed by atoms with Gasteiger partial charge in [-0.15, -0.1) is 0 Å². The van der Waals surface area contributed by atoms with Crippen LogP contribution in [0.25, 0.3) is 0 Å². The molecule has 0 N–H and O–H groups in total. The zero-order chi connectivity index (χ0) is 11.4. The molecule has 86 valence electrons. The van der Waals surface area contributed by atoms with E-state index in [1.807, 2.05) is 4.90 Å². The molecular formula is C11H20N2O2. The largest absolute Gasteiger partial charge is 0.340 e. The van der Waals surface area contributed by atoms with Gasteiger partial charge in [-0.2, -0.15) is 0 Å². The van der Waals surface area contributed by atoms with E-state index in [4.69, 9.17) is 0 Å². The van der Waals surface area contributed by atoms with E-state index in [0.29, 0.717) is 12.5 Å². The van der Waals surface area contributed by atoms with Gasteiger partial charge in [-0.3, -0.25) is 14.5 Å². The Hall–Kier alpha value is -0.900. The van der Waals surface area contributed by atoms with Crippen LogP contribution < -0.4 is 0 Å². The molecule has 1 rings (SSSR count). The molecule has 1 aliphatic heterocycles. The second kappa shape index (κ2) is 5.26. The van der Waals surface area contributed by atoms with Gasteiger partial charge in [-0.05, 0) is 13.8 Å². The van der Waals surface area contributed by atoms with Crippen LogP contribution in [-0.4, -0.2) is 53.7 Å². The molecule has 1 fully saturated rings. The molecule has 0 aromatic rings. The standard InChI is InChI=1S/C11H20N2O2/c1-9(8-10(2)14)12-4-6-13(7-5-12)11(3)15/h9H,4-8H2,1-3H3. The van der Waals surface area contributed by atoms with Crippen LogP contribution in [0.4, 0.5) is 0 Å². The van der Waals surface area contributed by atoms with Crippen molar-refractivity contribution in [1.29, 1.82) is 0 Å². The third kappa shape index (κ3) is 3.63. The van der Waals surface area contributed by atoms with Crippen molar-refractivity contribution < 1.29 is 9.59 Å². The molecule has 1 amide bonds. The molecule has 1 aliphatic rings. The van der Waals surface area contributed by atoms with Gasteiger partial charge < -0.3 is 4.90 Å². The lowest BCUT2D eigenvalue weighted by atomic mass is 10.1. The third-order valence-electron chi connectivity index (χ3n) is 2.97. The van der Waals surface area contributed by atoms with Gasteiger partial charge >= 0.3 is 0 Å². The fourth-order valence-corrected chi connectivity index (χ4v) is 2.02. The number of piperazine rings is 1. The molecular weight excluding hydrogens is 192 g/mol. The van der Waals surface area contributed by atoms with Gasteiger partial charge in [-0.1, -0.05) is 0 Å². The highest BCUT2D eigenvalue weighted by molar-refractivity contribution is 5.76. The quantitative estimate of drug-likeness (QED) is 0.684. The summed E-state index contributed by atoms with van der Waals surface area (Å²) in [4.78, 5) is 26.2. The smallest absolute Gasteiger partial charge is 0.219 e. The first-order chi connectivity index (χ1) is 7.00. The van der Waals surface area contributed by atoms with Gasteiger partial charge in [0.2, 0.25) is 5.91 Å². The Balaban J connectivity index is 2.36. The molecule has 1 heterocycles. The van der Waals surface area contributed by atoms with Gasteiger partial charge in [0.05, 0.1) is 0 Å². The van der Waals surface area contributed by atoms with Crippen molar-refractivity contribution >= 4 is 11.7 Å². The summed E-state index contributed by atoms with van der Waals surface area (Å²) in [6.45, 7) is 8.65. The summed E-state index contributed by atoms with van der Waals surface area (Å²) in [6, 6.07) is 0.302. The summed E-state index contributed by atoms with van der Waals surface area (Å²) in [5.74, 6) is 0.380. The van der Waals surface area contributed by atoms with Crippen LogP contribution in [0.5, 0.6) is 0 Å². The van der Waals surface area contributed by atoms with Crippen LogP contribution in [0.3, 0.4) is 0 Å². The lowest BCUT2D eigenvalue weighted by Gasteiger charge is -2.37. The molecule has 4 heteroatoms. The topological polar surface area (TPSA) is 40.6 Å². The number of nitrogens with zero attached hydrogens (tertiary/aromatic N) is 2. The zero-order valence-corrected chi connectivity index (χ0v) is 9.82. The number of rotatable bonds is 3. The van der Waals surface area contributed by atoms with Crippen LogP contribution in [0, 0.1) is 0 Å². The molecule has 0 radical (unpaired) electrons. The summed E-state index contributed by atoms with van der Waals surface area (Å²) in [6.07, 6.45) is 0.611. The van der Waals surface area contributed by atoms with Crippen LogP contribution in [0.15, 0.2) is 0 Å². The van der Waals surface area contributed by atoms with E-state index in [2.05, 4.69) is 11.8 Å². The zero-order valence-electron chi connectivity index (χ0n) is 9.82. The maximum Gasteiger partial charge on any atom is 0.219 e. The average Bonchev–Trinajstić information content (AvgIpc) is 2.17. The molecule has 0 bridgehead atoms. The van der Waals surface area contributed by atoms with Crippen LogP contribution in [0.1, 0.15) is 27.2 Å². The highest BCUT2D eigenvalue weighted by Crippen LogP contribution is 2.09. The van der Waals surface area contributed by atoms with Gasteiger partial charge in [0, 0.05) is 45.6 Å². The number of hydrogen-bond acceptors (Lipinski definition) is 3. The van der Waals surface area contributed by atoms with Crippen molar-refractivity contribution in [3.8, 4) is 0 Å². The number of carbonyl (C=O) groups excluding carboxylic acids is 2. The Morgan fingerprint density at radius 3 is 2.07 bits per heavy atom. The summed E-state index contributed by atoms with van der Waals surface area (Å²) in [5.41, 5.74) is 0. The van der Waals surface area contributed by atoms with Crippen LogP contribution in [-0.2, 0) is 9.59 Å². The molecule has 4 nitrogen and oxygen atoms in total. The van der Waals surface area contributed by atoms with Gasteiger partial charge in [0.25, 0.3) is 0 Å². The fourth-order valence-electron chi connectivity index (χ4n) is 2.02. The molecule has 0 aromatic carbocycles. The molecule has 0 aromatic heterocycles. The highest BCUT2D eigenvalue weighted by atomic mass is 16.2. The fraction of sp³-hybridized carbons (Fsp3) is 0.818. The van der Waals surface area contributed by atoms with E-state index in [9.17, 15) is 9.59 Å². The number of amides is 1. The first-order valence-corrected chi connectivity index (χ1v) is 5.49. The first kappa shape index (κ1) is 12.2. The highest BCUT2D eigenvalue weighted by Gasteiger charge is 2.22. The molecule has 0 saturated carbocycles. The van der Waals surface area contributed by atoms with Gasteiger partial charge in [0.1, 0.15) is 5.78 Å². The van der Waals surface area contributed by atoms with Crippen molar-refractivity contribution in [2.75, 3.05) is 26.2 Å². The van der Waals surface area contributed by atoms with Gasteiger partial charge in [-0.25, -0.2) is 0 Å². The number of hydrogen-bond donors (Lipinski definition) is 0. The minimum Gasteiger partial charge on any atom is -0.340 e. The summed E-state index contributed by atoms with van der Waals surface area (Å²) >= 11 is 0. The van der Waals surface area contributed by atoms with Crippen molar-refractivity contribution in [1.82, 2.24) is 9.80 Å². The van der Waals surface area contributed by atoms with Crippen molar-refractivity contribution in [2.45, 2.75) is 33.2 Å².